The van der Waals surface area contributed by atoms with Crippen molar-refractivity contribution in [2.75, 3.05) is 13.1 Å². The van der Waals surface area contributed by atoms with E-state index in [9.17, 15) is 4.79 Å². The second kappa shape index (κ2) is 4.07. The van der Waals surface area contributed by atoms with Crippen molar-refractivity contribution in [1.82, 2.24) is 14.9 Å². The molecular formula is C12H15N3O2. The second-order valence-electron chi connectivity index (χ2n) is 4.79. The van der Waals surface area contributed by atoms with Crippen LogP contribution in [0.1, 0.15) is 23.8 Å². The summed E-state index contributed by atoms with van der Waals surface area (Å²) in [6.45, 7) is 3.57. The summed E-state index contributed by atoms with van der Waals surface area (Å²) in [6.07, 6.45) is 4.61. The number of ether oxygens (including phenoxy) is 1. The first-order valence-electron chi connectivity index (χ1n) is 5.95. The molecule has 0 bridgehead atoms. The highest BCUT2D eigenvalue weighted by atomic mass is 16.5. The Labute approximate surface area is 99.8 Å². The molecule has 2 saturated heterocycles. The first-order chi connectivity index (χ1) is 8.24. The fourth-order valence-electron chi connectivity index (χ4n) is 2.75. The third-order valence-electron chi connectivity index (χ3n) is 3.51. The van der Waals surface area contributed by atoms with Gasteiger partial charge in [-0.1, -0.05) is 0 Å². The minimum absolute atomic E-state index is 0.0157. The van der Waals surface area contributed by atoms with E-state index in [1.165, 1.54) is 6.33 Å². The van der Waals surface area contributed by atoms with Crippen molar-refractivity contribution in [3.05, 3.63) is 24.3 Å². The third-order valence-corrected chi connectivity index (χ3v) is 3.51. The molecule has 90 valence electrons. The third kappa shape index (κ3) is 1.91. The van der Waals surface area contributed by atoms with Crippen molar-refractivity contribution in [1.29, 1.82) is 0 Å². The van der Waals surface area contributed by atoms with Gasteiger partial charge in [0.1, 0.15) is 12.0 Å². The fourth-order valence-corrected chi connectivity index (χ4v) is 2.75. The maximum Gasteiger partial charge on any atom is 0.272 e. The summed E-state index contributed by atoms with van der Waals surface area (Å²) in [5.41, 5.74) is 0.466. The van der Waals surface area contributed by atoms with E-state index < -0.39 is 0 Å². The number of carbonyl (C=O) groups excluding carboxylic acids is 1. The van der Waals surface area contributed by atoms with E-state index >= 15 is 0 Å². The highest BCUT2D eigenvalue weighted by Gasteiger charge is 2.42. The monoisotopic (exact) mass is 233 g/mol. The molecule has 2 aliphatic rings. The predicted octanol–water partition coefficient (Wildman–Crippen LogP) is 0.726. The lowest BCUT2D eigenvalue weighted by molar-refractivity contribution is 0.0441. The van der Waals surface area contributed by atoms with Crippen LogP contribution < -0.4 is 0 Å². The minimum Gasteiger partial charge on any atom is -0.373 e. The molecule has 0 radical (unpaired) electrons. The number of amides is 1. The molecule has 1 amide bonds. The average Bonchev–Trinajstić information content (AvgIpc) is 2.86. The molecule has 0 aromatic carbocycles. The number of likely N-dealkylation sites (tertiary alicyclic amines) is 1. The first-order valence-corrected chi connectivity index (χ1v) is 5.95. The lowest BCUT2D eigenvalue weighted by atomic mass is 10.0. The fraction of sp³-hybridized carbons (Fsp3) is 0.583. The van der Waals surface area contributed by atoms with Gasteiger partial charge in [-0.25, -0.2) is 9.97 Å². The van der Waals surface area contributed by atoms with Crippen molar-refractivity contribution < 1.29 is 9.53 Å². The van der Waals surface area contributed by atoms with Gasteiger partial charge in [0, 0.05) is 25.2 Å². The number of fused-ring (bicyclic) bond motifs is 1. The van der Waals surface area contributed by atoms with E-state index in [2.05, 4.69) is 16.9 Å². The smallest absolute Gasteiger partial charge is 0.272 e. The molecule has 1 aromatic heterocycles. The lowest BCUT2D eigenvalue weighted by Crippen LogP contribution is -2.31. The minimum atomic E-state index is -0.0157. The van der Waals surface area contributed by atoms with Gasteiger partial charge in [-0.3, -0.25) is 4.79 Å². The molecule has 0 spiro atoms. The molecule has 5 heteroatoms. The molecule has 0 N–H and O–H groups in total. The number of hydrogen-bond donors (Lipinski definition) is 0. The van der Waals surface area contributed by atoms with Crippen LogP contribution in [-0.2, 0) is 4.74 Å². The second-order valence-corrected chi connectivity index (χ2v) is 4.79. The Balaban J connectivity index is 1.70. The van der Waals surface area contributed by atoms with E-state index in [1.54, 1.807) is 12.3 Å². The van der Waals surface area contributed by atoms with Crippen LogP contribution in [0.15, 0.2) is 18.6 Å². The number of rotatable bonds is 1. The molecule has 17 heavy (non-hydrogen) atoms. The molecule has 0 saturated carbocycles. The number of hydrogen-bond acceptors (Lipinski definition) is 4. The quantitative estimate of drug-likeness (QED) is 0.717. The van der Waals surface area contributed by atoms with E-state index in [4.69, 9.17) is 4.74 Å². The van der Waals surface area contributed by atoms with Crippen LogP contribution in [0.3, 0.4) is 0 Å². The van der Waals surface area contributed by atoms with Gasteiger partial charge in [-0.2, -0.15) is 0 Å². The van der Waals surface area contributed by atoms with Crippen LogP contribution in [0.2, 0.25) is 0 Å². The average molecular weight is 233 g/mol. The molecule has 2 fully saturated rings. The normalized spacial score (nSPS) is 31.6. The zero-order chi connectivity index (χ0) is 11.8. The van der Waals surface area contributed by atoms with Gasteiger partial charge in [0.15, 0.2) is 0 Å². The zero-order valence-electron chi connectivity index (χ0n) is 9.74. The van der Waals surface area contributed by atoms with E-state index in [-0.39, 0.29) is 12.0 Å². The Bertz CT molecular complexity index is 409. The van der Waals surface area contributed by atoms with Gasteiger partial charge < -0.3 is 9.64 Å². The summed E-state index contributed by atoms with van der Waals surface area (Å²) in [5.74, 6) is 0.480. The molecule has 5 nitrogen and oxygen atoms in total. The summed E-state index contributed by atoms with van der Waals surface area (Å²) in [4.78, 5) is 21.8. The topological polar surface area (TPSA) is 55.3 Å². The SMILES string of the molecule is C[C@@H]1C[C@H]2CN(C(=O)c3ccncn3)C[C@H]2O1. The van der Waals surface area contributed by atoms with Gasteiger partial charge in [0.2, 0.25) is 0 Å². The van der Waals surface area contributed by atoms with E-state index in [1.807, 2.05) is 4.90 Å². The molecule has 0 unspecified atom stereocenters. The van der Waals surface area contributed by atoms with E-state index in [0.717, 1.165) is 13.0 Å². The molecular weight excluding hydrogens is 218 g/mol. The van der Waals surface area contributed by atoms with Crippen molar-refractivity contribution >= 4 is 5.91 Å². The number of carbonyl (C=O) groups is 1. The van der Waals surface area contributed by atoms with Gasteiger partial charge in [0.05, 0.1) is 12.2 Å². The lowest BCUT2D eigenvalue weighted by Gasteiger charge is -2.17. The largest absolute Gasteiger partial charge is 0.373 e. The van der Waals surface area contributed by atoms with Gasteiger partial charge in [0.25, 0.3) is 5.91 Å². The van der Waals surface area contributed by atoms with Crippen LogP contribution in [0.4, 0.5) is 0 Å². The maximum atomic E-state index is 12.1. The number of nitrogens with zero attached hydrogens (tertiary/aromatic N) is 3. The van der Waals surface area contributed by atoms with Crippen LogP contribution >= 0.6 is 0 Å². The van der Waals surface area contributed by atoms with Crippen LogP contribution in [0.5, 0.6) is 0 Å². The molecule has 2 aliphatic heterocycles. The van der Waals surface area contributed by atoms with Gasteiger partial charge in [-0.15, -0.1) is 0 Å². The van der Waals surface area contributed by atoms with Crippen LogP contribution in [-0.4, -0.2) is 46.1 Å². The standard InChI is InChI=1S/C12H15N3O2/c1-8-4-9-5-15(6-11(9)17-8)12(16)10-2-3-13-7-14-10/h2-3,7-9,11H,4-6H2,1H3/t8-,9+,11-/m1/s1. The summed E-state index contributed by atoms with van der Waals surface area (Å²) in [6, 6.07) is 1.65. The summed E-state index contributed by atoms with van der Waals surface area (Å²) in [7, 11) is 0. The van der Waals surface area contributed by atoms with Crippen LogP contribution in [0.25, 0.3) is 0 Å². The van der Waals surface area contributed by atoms with Crippen molar-refractivity contribution in [3.8, 4) is 0 Å². The predicted molar refractivity (Wildman–Crippen MR) is 60.4 cm³/mol. The van der Waals surface area contributed by atoms with Crippen molar-refractivity contribution in [2.45, 2.75) is 25.6 Å². The maximum absolute atomic E-state index is 12.1. The Morgan fingerprint density at radius 3 is 3.12 bits per heavy atom. The molecule has 3 rings (SSSR count). The zero-order valence-corrected chi connectivity index (χ0v) is 9.74. The highest BCUT2D eigenvalue weighted by Crippen LogP contribution is 2.33. The Morgan fingerprint density at radius 2 is 2.41 bits per heavy atom. The molecule has 1 aromatic rings. The van der Waals surface area contributed by atoms with Crippen LogP contribution in [0, 0.1) is 5.92 Å². The molecule has 3 atom stereocenters. The number of aromatic nitrogens is 2. The summed E-state index contributed by atoms with van der Waals surface area (Å²) < 4.78 is 5.77. The van der Waals surface area contributed by atoms with Gasteiger partial charge >= 0.3 is 0 Å². The molecule has 3 heterocycles. The Kier molecular flexibility index (Phi) is 2.55. The molecule has 0 aliphatic carbocycles. The first kappa shape index (κ1) is 10.7. The van der Waals surface area contributed by atoms with E-state index in [0.29, 0.717) is 24.3 Å². The Morgan fingerprint density at radius 1 is 1.53 bits per heavy atom. The highest BCUT2D eigenvalue weighted by molar-refractivity contribution is 5.92. The van der Waals surface area contributed by atoms with Crippen molar-refractivity contribution in [2.24, 2.45) is 5.92 Å². The summed E-state index contributed by atoms with van der Waals surface area (Å²) >= 11 is 0. The Hall–Kier alpha value is -1.49. The van der Waals surface area contributed by atoms with Crippen molar-refractivity contribution in [3.63, 3.8) is 0 Å². The summed E-state index contributed by atoms with van der Waals surface area (Å²) in [5, 5.41) is 0. The van der Waals surface area contributed by atoms with Gasteiger partial charge in [-0.05, 0) is 19.4 Å².